The van der Waals surface area contributed by atoms with Crippen LogP contribution in [0.25, 0.3) is 0 Å². The fraction of sp³-hybridized carbons (Fsp3) is 0.750. The zero-order valence-electron chi connectivity index (χ0n) is 10.5. The summed E-state index contributed by atoms with van der Waals surface area (Å²) in [5, 5.41) is 7.74. The molecule has 15 heavy (non-hydrogen) atoms. The van der Waals surface area contributed by atoms with Crippen molar-refractivity contribution < 1.29 is 0 Å². The van der Waals surface area contributed by atoms with Crippen LogP contribution >= 0.6 is 0 Å². The summed E-state index contributed by atoms with van der Waals surface area (Å²) in [5.41, 5.74) is 1.61. The second-order valence-corrected chi connectivity index (χ2v) is 5.00. The van der Waals surface area contributed by atoms with Crippen LogP contribution in [-0.4, -0.2) is 16.3 Å². The Bertz CT molecular complexity index is 302. The highest BCUT2D eigenvalue weighted by Gasteiger charge is 2.17. The summed E-state index contributed by atoms with van der Waals surface area (Å²) in [6.07, 6.45) is 3.04. The van der Waals surface area contributed by atoms with E-state index in [1.165, 1.54) is 12.1 Å². The molecule has 0 aliphatic rings. The van der Waals surface area contributed by atoms with E-state index in [-0.39, 0.29) is 0 Å². The van der Waals surface area contributed by atoms with Gasteiger partial charge in [-0.3, -0.25) is 4.68 Å². The molecule has 3 heteroatoms. The molecule has 1 rings (SSSR count). The molecule has 0 aliphatic heterocycles. The Morgan fingerprint density at radius 3 is 2.67 bits per heavy atom. The van der Waals surface area contributed by atoms with Crippen LogP contribution in [0.4, 0.5) is 0 Å². The van der Waals surface area contributed by atoms with Crippen LogP contribution in [0.3, 0.4) is 0 Å². The zero-order chi connectivity index (χ0) is 11.5. The van der Waals surface area contributed by atoms with Crippen molar-refractivity contribution >= 4 is 0 Å². The van der Waals surface area contributed by atoms with Crippen molar-refractivity contribution in [3.8, 4) is 0 Å². The van der Waals surface area contributed by atoms with Gasteiger partial charge in [0.2, 0.25) is 0 Å². The fourth-order valence-corrected chi connectivity index (χ4v) is 1.47. The molecule has 0 saturated carbocycles. The van der Waals surface area contributed by atoms with Crippen molar-refractivity contribution in [3.05, 3.63) is 18.0 Å². The molecule has 1 heterocycles. The molecular formula is C12H23N3. The Hall–Kier alpha value is -0.830. The summed E-state index contributed by atoms with van der Waals surface area (Å²) in [6.45, 7) is 10.0. The minimum Gasteiger partial charge on any atom is -0.308 e. The summed E-state index contributed by atoms with van der Waals surface area (Å²) in [4.78, 5) is 0. The lowest BCUT2D eigenvalue weighted by Crippen LogP contribution is -2.31. The van der Waals surface area contributed by atoms with Gasteiger partial charge in [-0.15, -0.1) is 0 Å². The van der Waals surface area contributed by atoms with E-state index in [1.54, 1.807) is 0 Å². The van der Waals surface area contributed by atoms with E-state index in [9.17, 15) is 0 Å². The van der Waals surface area contributed by atoms with E-state index in [2.05, 4.69) is 44.2 Å². The van der Waals surface area contributed by atoms with Crippen molar-refractivity contribution in [2.45, 2.75) is 40.2 Å². The second-order valence-electron chi connectivity index (χ2n) is 5.00. The molecule has 0 spiro atoms. The number of nitrogens with zero attached hydrogens (tertiary/aromatic N) is 2. The summed E-state index contributed by atoms with van der Waals surface area (Å²) in [5.74, 6) is 0. The lowest BCUT2D eigenvalue weighted by molar-refractivity contribution is 0.310. The van der Waals surface area contributed by atoms with E-state index < -0.39 is 0 Å². The first-order valence-electron chi connectivity index (χ1n) is 5.67. The molecule has 3 nitrogen and oxygen atoms in total. The standard InChI is InChI=1S/C12H23N3/c1-6-12(3,4)9-13-10(2)11-7-8-14-15(11)5/h7-8,10,13H,6,9H2,1-5H3. The summed E-state index contributed by atoms with van der Waals surface area (Å²) >= 11 is 0. The Kier molecular flexibility index (Phi) is 3.91. The normalized spacial score (nSPS) is 14.2. The Labute approximate surface area is 92.9 Å². The highest BCUT2D eigenvalue weighted by atomic mass is 15.3. The molecule has 0 aliphatic carbocycles. The van der Waals surface area contributed by atoms with Crippen molar-refractivity contribution in [3.63, 3.8) is 0 Å². The van der Waals surface area contributed by atoms with Crippen molar-refractivity contribution in [1.82, 2.24) is 15.1 Å². The number of aryl methyl sites for hydroxylation is 1. The average molecular weight is 209 g/mol. The topological polar surface area (TPSA) is 29.9 Å². The van der Waals surface area contributed by atoms with Crippen molar-refractivity contribution in [2.24, 2.45) is 12.5 Å². The van der Waals surface area contributed by atoms with Gasteiger partial charge in [0, 0.05) is 25.8 Å². The molecule has 0 saturated heterocycles. The van der Waals surface area contributed by atoms with Crippen LogP contribution in [0.5, 0.6) is 0 Å². The molecule has 1 N–H and O–H groups in total. The average Bonchev–Trinajstić information content (AvgIpc) is 2.61. The first-order chi connectivity index (χ1) is 6.96. The van der Waals surface area contributed by atoms with Crippen LogP contribution in [-0.2, 0) is 7.05 Å². The molecule has 1 unspecified atom stereocenters. The van der Waals surface area contributed by atoms with Gasteiger partial charge in [-0.2, -0.15) is 5.10 Å². The molecule has 0 aromatic carbocycles. The Morgan fingerprint density at radius 1 is 1.53 bits per heavy atom. The lowest BCUT2D eigenvalue weighted by Gasteiger charge is -2.25. The zero-order valence-corrected chi connectivity index (χ0v) is 10.5. The second kappa shape index (κ2) is 4.79. The van der Waals surface area contributed by atoms with Gasteiger partial charge in [0.15, 0.2) is 0 Å². The first kappa shape index (κ1) is 12.2. The molecule has 0 fully saturated rings. The third-order valence-corrected chi connectivity index (χ3v) is 3.15. The number of aromatic nitrogens is 2. The van der Waals surface area contributed by atoms with Crippen LogP contribution in [0.1, 0.15) is 45.9 Å². The number of hydrogen-bond donors (Lipinski definition) is 1. The smallest absolute Gasteiger partial charge is 0.0547 e. The summed E-state index contributed by atoms with van der Waals surface area (Å²) in [6, 6.07) is 2.43. The van der Waals surface area contributed by atoms with Crippen molar-refractivity contribution in [1.29, 1.82) is 0 Å². The molecule has 0 radical (unpaired) electrons. The summed E-state index contributed by atoms with van der Waals surface area (Å²) in [7, 11) is 1.98. The van der Waals surface area contributed by atoms with Gasteiger partial charge in [0.05, 0.1) is 5.69 Å². The Balaban J connectivity index is 2.50. The van der Waals surface area contributed by atoms with E-state index >= 15 is 0 Å². The third-order valence-electron chi connectivity index (χ3n) is 3.15. The van der Waals surface area contributed by atoms with E-state index in [0.29, 0.717) is 11.5 Å². The monoisotopic (exact) mass is 209 g/mol. The van der Waals surface area contributed by atoms with Gasteiger partial charge in [0.1, 0.15) is 0 Å². The molecule has 0 bridgehead atoms. The SMILES string of the molecule is CCC(C)(C)CNC(C)c1ccnn1C. The molecular weight excluding hydrogens is 186 g/mol. The van der Waals surface area contributed by atoms with E-state index in [0.717, 1.165) is 6.54 Å². The lowest BCUT2D eigenvalue weighted by atomic mass is 9.90. The van der Waals surface area contributed by atoms with Crippen LogP contribution < -0.4 is 5.32 Å². The van der Waals surface area contributed by atoms with Gasteiger partial charge in [-0.25, -0.2) is 0 Å². The van der Waals surface area contributed by atoms with Crippen LogP contribution in [0, 0.1) is 5.41 Å². The van der Waals surface area contributed by atoms with Crippen LogP contribution in [0.15, 0.2) is 12.3 Å². The predicted octanol–water partition coefficient (Wildman–Crippen LogP) is 2.51. The molecule has 1 aromatic rings. The maximum Gasteiger partial charge on any atom is 0.0547 e. The minimum atomic E-state index is 0.364. The molecule has 86 valence electrons. The van der Waals surface area contributed by atoms with Gasteiger partial charge < -0.3 is 5.32 Å². The van der Waals surface area contributed by atoms with Crippen LogP contribution in [0.2, 0.25) is 0 Å². The number of hydrogen-bond acceptors (Lipinski definition) is 2. The van der Waals surface area contributed by atoms with Gasteiger partial charge in [-0.1, -0.05) is 20.8 Å². The molecule has 1 atom stereocenters. The maximum absolute atomic E-state index is 4.18. The predicted molar refractivity (Wildman–Crippen MR) is 63.7 cm³/mol. The highest BCUT2D eigenvalue weighted by molar-refractivity contribution is 5.05. The minimum absolute atomic E-state index is 0.364. The molecule has 1 aromatic heterocycles. The quantitative estimate of drug-likeness (QED) is 0.807. The highest BCUT2D eigenvalue weighted by Crippen LogP contribution is 2.20. The number of nitrogens with one attached hydrogen (secondary N) is 1. The van der Waals surface area contributed by atoms with E-state index in [4.69, 9.17) is 0 Å². The third kappa shape index (κ3) is 3.34. The van der Waals surface area contributed by atoms with Crippen molar-refractivity contribution in [2.75, 3.05) is 6.54 Å². The fourth-order valence-electron chi connectivity index (χ4n) is 1.47. The summed E-state index contributed by atoms with van der Waals surface area (Å²) < 4.78 is 1.93. The van der Waals surface area contributed by atoms with E-state index in [1.807, 2.05) is 17.9 Å². The van der Waals surface area contributed by atoms with Gasteiger partial charge in [-0.05, 0) is 24.8 Å². The van der Waals surface area contributed by atoms with Gasteiger partial charge in [0.25, 0.3) is 0 Å². The number of rotatable bonds is 5. The largest absolute Gasteiger partial charge is 0.308 e. The van der Waals surface area contributed by atoms with Gasteiger partial charge >= 0.3 is 0 Å². The molecule has 0 amide bonds. The first-order valence-corrected chi connectivity index (χ1v) is 5.67. The Morgan fingerprint density at radius 2 is 2.20 bits per heavy atom. The maximum atomic E-state index is 4.18.